The van der Waals surface area contributed by atoms with Crippen LogP contribution < -0.4 is 10.6 Å². The van der Waals surface area contributed by atoms with Crippen molar-refractivity contribution < 1.29 is 9.90 Å². The van der Waals surface area contributed by atoms with Gasteiger partial charge in [0, 0.05) is 5.56 Å². The minimum atomic E-state index is -0.290. The molecule has 0 fully saturated rings. The van der Waals surface area contributed by atoms with Crippen LogP contribution in [0.4, 0.5) is 5.69 Å². The lowest BCUT2D eigenvalue weighted by Gasteiger charge is -2.15. The Balaban J connectivity index is 1.77. The van der Waals surface area contributed by atoms with Gasteiger partial charge in [-0.15, -0.1) is 0 Å². The van der Waals surface area contributed by atoms with Crippen LogP contribution in [-0.4, -0.2) is 16.1 Å². The van der Waals surface area contributed by atoms with Gasteiger partial charge in [0.25, 0.3) is 5.91 Å². The van der Waals surface area contributed by atoms with Gasteiger partial charge in [-0.25, -0.2) is 0 Å². The predicted octanol–water partition coefficient (Wildman–Crippen LogP) is 5.19. The minimum Gasteiger partial charge on any atom is -0.506 e. The summed E-state index contributed by atoms with van der Waals surface area (Å²) < 4.78 is 0. The van der Waals surface area contributed by atoms with Gasteiger partial charge in [0.2, 0.25) is 0 Å². The molecule has 0 saturated carbocycles. The van der Waals surface area contributed by atoms with Gasteiger partial charge in [-0.1, -0.05) is 56.3 Å². The van der Waals surface area contributed by atoms with E-state index in [0.29, 0.717) is 17.2 Å². The minimum absolute atomic E-state index is 0.0869. The fraction of sp³-hybridized carbons (Fsp3) is 0.182. The van der Waals surface area contributed by atoms with Gasteiger partial charge in [-0.3, -0.25) is 10.1 Å². The van der Waals surface area contributed by atoms with E-state index in [4.69, 9.17) is 12.2 Å². The number of fused-ring (bicyclic) bond motifs is 1. The Morgan fingerprint density at radius 1 is 1.11 bits per heavy atom. The van der Waals surface area contributed by atoms with E-state index in [2.05, 4.69) is 24.5 Å². The Labute approximate surface area is 164 Å². The molecule has 0 heterocycles. The van der Waals surface area contributed by atoms with Crippen LogP contribution in [-0.2, 0) is 0 Å². The third-order valence-corrected chi connectivity index (χ3v) is 4.92. The largest absolute Gasteiger partial charge is 0.506 e. The van der Waals surface area contributed by atoms with Crippen LogP contribution in [0, 0.1) is 0 Å². The second-order valence-electron chi connectivity index (χ2n) is 6.52. The van der Waals surface area contributed by atoms with Crippen molar-refractivity contribution in [2.75, 3.05) is 5.32 Å². The van der Waals surface area contributed by atoms with Crippen molar-refractivity contribution in [3.05, 3.63) is 71.8 Å². The Morgan fingerprint density at radius 2 is 1.85 bits per heavy atom. The molecule has 4 nitrogen and oxygen atoms in total. The van der Waals surface area contributed by atoms with Crippen LogP contribution >= 0.6 is 12.2 Å². The first-order chi connectivity index (χ1) is 13.0. The summed E-state index contributed by atoms with van der Waals surface area (Å²) in [6.45, 7) is 4.23. The van der Waals surface area contributed by atoms with Gasteiger partial charge in [0.1, 0.15) is 5.75 Å². The number of phenols is 1. The summed E-state index contributed by atoms with van der Waals surface area (Å²) in [5.41, 5.74) is 2.13. The van der Waals surface area contributed by atoms with Crippen LogP contribution in [0.15, 0.2) is 60.7 Å². The molecule has 27 heavy (non-hydrogen) atoms. The van der Waals surface area contributed by atoms with Crippen molar-refractivity contribution in [3.63, 3.8) is 0 Å². The quantitative estimate of drug-likeness (QED) is 0.432. The van der Waals surface area contributed by atoms with Crippen LogP contribution in [0.5, 0.6) is 5.75 Å². The highest BCUT2D eigenvalue weighted by Gasteiger charge is 2.13. The predicted molar refractivity (Wildman–Crippen MR) is 114 cm³/mol. The normalized spacial score (nSPS) is 11.8. The molecule has 0 aliphatic heterocycles. The molecule has 3 N–H and O–H groups in total. The average molecular weight is 378 g/mol. The first kappa shape index (κ1) is 18.9. The number of benzene rings is 3. The van der Waals surface area contributed by atoms with E-state index in [9.17, 15) is 9.90 Å². The van der Waals surface area contributed by atoms with E-state index in [-0.39, 0.29) is 16.8 Å². The van der Waals surface area contributed by atoms with Gasteiger partial charge >= 0.3 is 0 Å². The summed E-state index contributed by atoms with van der Waals surface area (Å²) in [5, 5.41) is 17.7. The van der Waals surface area contributed by atoms with Gasteiger partial charge < -0.3 is 10.4 Å². The summed E-state index contributed by atoms with van der Waals surface area (Å²) in [6.07, 6.45) is 0.993. The zero-order valence-corrected chi connectivity index (χ0v) is 16.1. The third kappa shape index (κ3) is 4.26. The van der Waals surface area contributed by atoms with E-state index in [0.717, 1.165) is 22.8 Å². The average Bonchev–Trinajstić information content (AvgIpc) is 2.68. The molecule has 3 rings (SSSR count). The van der Waals surface area contributed by atoms with Crippen molar-refractivity contribution in [2.24, 2.45) is 0 Å². The van der Waals surface area contributed by atoms with E-state index in [1.54, 1.807) is 12.1 Å². The molecule has 0 spiro atoms. The summed E-state index contributed by atoms with van der Waals surface area (Å²) >= 11 is 5.28. The number of phenolic OH excluding ortho intramolecular Hbond substituents is 1. The number of thiocarbonyl (C=S) groups is 1. The number of carbonyl (C=O) groups is 1. The number of amides is 1. The summed E-state index contributed by atoms with van der Waals surface area (Å²) in [7, 11) is 0. The van der Waals surface area contributed by atoms with E-state index >= 15 is 0 Å². The van der Waals surface area contributed by atoms with Crippen LogP contribution in [0.25, 0.3) is 10.8 Å². The number of anilines is 1. The second-order valence-corrected chi connectivity index (χ2v) is 6.93. The lowest BCUT2D eigenvalue weighted by Crippen LogP contribution is -2.34. The van der Waals surface area contributed by atoms with Gasteiger partial charge in [0.15, 0.2) is 5.11 Å². The molecular formula is C22H22N2O2S. The zero-order chi connectivity index (χ0) is 19.4. The van der Waals surface area contributed by atoms with E-state index in [1.165, 1.54) is 0 Å². The molecule has 0 aliphatic rings. The maximum absolute atomic E-state index is 12.7. The van der Waals surface area contributed by atoms with E-state index in [1.807, 2.05) is 48.5 Å². The van der Waals surface area contributed by atoms with Gasteiger partial charge in [-0.05, 0) is 59.1 Å². The summed E-state index contributed by atoms with van der Waals surface area (Å²) in [4.78, 5) is 12.7. The number of carbonyl (C=O) groups excluding carboxylic acids is 1. The smallest absolute Gasteiger partial charge is 0.258 e. The molecule has 0 aliphatic carbocycles. The monoisotopic (exact) mass is 378 g/mol. The lowest BCUT2D eigenvalue weighted by atomic mass is 9.98. The molecule has 0 radical (unpaired) electrons. The Bertz CT molecular complexity index is 995. The summed E-state index contributed by atoms with van der Waals surface area (Å²) in [5.74, 6) is 0.163. The Morgan fingerprint density at radius 3 is 2.63 bits per heavy atom. The SMILES string of the molecule is CCC(C)c1ccc(O)c(NC(=S)NC(=O)c2cccc3ccccc23)c1. The highest BCUT2D eigenvalue weighted by molar-refractivity contribution is 7.80. The maximum atomic E-state index is 12.7. The molecule has 138 valence electrons. The van der Waals surface area contributed by atoms with Crippen molar-refractivity contribution in [1.82, 2.24) is 5.32 Å². The first-order valence-electron chi connectivity index (χ1n) is 8.92. The van der Waals surface area contributed by atoms with Gasteiger partial charge in [0.05, 0.1) is 5.69 Å². The van der Waals surface area contributed by atoms with Crippen molar-refractivity contribution in [1.29, 1.82) is 0 Å². The number of hydrogen-bond donors (Lipinski definition) is 3. The maximum Gasteiger partial charge on any atom is 0.258 e. The molecule has 1 unspecified atom stereocenters. The Kier molecular flexibility index (Phi) is 5.72. The standard InChI is InChI=1S/C22H22N2O2S/c1-3-14(2)16-11-12-20(25)19(13-16)23-22(27)24-21(26)18-10-6-8-15-7-4-5-9-17(15)18/h4-14,25H,3H2,1-2H3,(H2,23,24,26,27). The molecule has 3 aromatic rings. The van der Waals surface area contributed by atoms with Crippen molar-refractivity contribution in [3.8, 4) is 5.75 Å². The highest BCUT2D eigenvalue weighted by atomic mass is 32.1. The van der Waals surface area contributed by atoms with Gasteiger partial charge in [-0.2, -0.15) is 0 Å². The van der Waals surface area contributed by atoms with E-state index < -0.39 is 0 Å². The fourth-order valence-electron chi connectivity index (χ4n) is 2.94. The molecule has 1 amide bonds. The first-order valence-corrected chi connectivity index (χ1v) is 9.33. The van der Waals surface area contributed by atoms with Crippen molar-refractivity contribution in [2.45, 2.75) is 26.2 Å². The Hall–Kier alpha value is -2.92. The molecular weight excluding hydrogens is 356 g/mol. The molecule has 0 bridgehead atoms. The summed E-state index contributed by atoms with van der Waals surface area (Å²) in [6, 6.07) is 18.7. The van der Waals surface area contributed by atoms with Crippen LogP contribution in [0.3, 0.4) is 0 Å². The number of aromatic hydroxyl groups is 1. The fourth-order valence-corrected chi connectivity index (χ4v) is 3.15. The topological polar surface area (TPSA) is 61.4 Å². The second kappa shape index (κ2) is 8.18. The highest BCUT2D eigenvalue weighted by Crippen LogP contribution is 2.29. The number of nitrogens with one attached hydrogen (secondary N) is 2. The van der Waals surface area contributed by atoms with Crippen LogP contribution in [0.1, 0.15) is 42.1 Å². The molecule has 0 saturated heterocycles. The molecule has 1 atom stereocenters. The third-order valence-electron chi connectivity index (χ3n) is 4.71. The zero-order valence-electron chi connectivity index (χ0n) is 15.3. The van der Waals surface area contributed by atoms with Crippen LogP contribution in [0.2, 0.25) is 0 Å². The molecule has 0 aromatic heterocycles. The molecule has 3 aromatic carbocycles. The number of hydrogen-bond acceptors (Lipinski definition) is 3. The lowest BCUT2D eigenvalue weighted by molar-refractivity contribution is 0.0979. The molecule has 5 heteroatoms. The number of rotatable bonds is 4. The van der Waals surface area contributed by atoms with Crippen molar-refractivity contribution >= 4 is 39.7 Å².